The third kappa shape index (κ3) is 5.33. The van der Waals surface area contributed by atoms with Gasteiger partial charge in [-0.2, -0.15) is 23.5 Å². The first-order chi connectivity index (χ1) is 19.5. The lowest BCUT2D eigenvalue weighted by atomic mass is 9.81. The van der Waals surface area contributed by atoms with E-state index in [0.29, 0.717) is 16.8 Å². The van der Waals surface area contributed by atoms with Gasteiger partial charge in [-0.3, -0.25) is 9.59 Å². The number of methoxy groups -OCH3 is 1. The first kappa shape index (κ1) is 28.1. The van der Waals surface area contributed by atoms with Crippen molar-refractivity contribution in [2.24, 2.45) is 11.8 Å². The van der Waals surface area contributed by atoms with Gasteiger partial charge in [0.25, 0.3) is 5.91 Å². The van der Waals surface area contributed by atoms with Gasteiger partial charge in [0.2, 0.25) is 11.8 Å². The quantitative estimate of drug-likeness (QED) is 0.442. The van der Waals surface area contributed by atoms with Gasteiger partial charge in [0, 0.05) is 24.2 Å². The Balaban J connectivity index is 1.33. The lowest BCUT2D eigenvalue weighted by molar-refractivity contribution is -0.185. The number of anilines is 1. The third-order valence-electron chi connectivity index (χ3n) is 7.70. The molecule has 15 heteroatoms. The zero-order chi connectivity index (χ0) is 29.5. The molecule has 3 aromatic rings. The summed E-state index contributed by atoms with van der Waals surface area (Å²) >= 11 is 0. The van der Waals surface area contributed by atoms with Crippen LogP contribution in [-0.2, 0) is 4.79 Å². The van der Waals surface area contributed by atoms with Crippen LogP contribution in [0, 0.1) is 23.2 Å². The van der Waals surface area contributed by atoms with Crippen LogP contribution >= 0.6 is 0 Å². The van der Waals surface area contributed by atoms with E-state index in [2.05, 4.69) is 26.5 Å². The van der Waals surface area contributed by atoms with Crippen molar-refractivity contribution in [3.8, 4) is 23.2 Å². The van der Waals surface area contributed by atoms with Crippen molar-refractivity contribution in [2.45, 2.75) is 44.1 Å². The van der Waals surface area contributed by atoms with E-state index in [1.54, 1.807) is 0 Å². The topological polar surface area (TPSA) is 152 Å². The Hall–Kier alpha value is -4.48. The number of nitrogens with two attached hydrogens (primary N) is 1. The summed E-state index contributed by atoms with van der Waals surface area (Å²) in [5.41, 5.74) is 7.09. The van der Waals surface area contributed by atoms with E-state index in [0.717, 1.165) is 0 Å². The second-order valence-corrected chi connectivity index (χ2v) is 10.2. The van der Waals surface area contributed by atoms with Crippen molar-refractivity contribution >= 4 is 23.1 Å². The van der Waals surface area contributed by atoms with Crippen molar-refractivity contribution in [1.29, 1.82) is 5.26 Å². The molecule has 4 heterocycles. The summed E-state index contributed by atoms with van der Waals surface area (Å²) in [5, 5.41) is 16.4. The third-order valence-corrected chi connectivity index (χ3v) is 7.70. The van der Waals surface area contributed by atoms with Gasteiger partial charge in [0.1, 0.15) is 29.6 Å². The summed E-state index contributed by atoms with van der Waals surface area (Å²) in [5.74, 6) is -3.08. The van der Waals surface area contributed by atoms with Crippen LogP contribution in [0.4, 0.5) is 23.4 Å². The monoisotopic (exact) mass is 574 g/mol. The number of rotatable bonds is 5. The second-order valence-electron chi connectivity index (χ2n) is 10.2. The van der Waals surface area contributed by atoms with Gasteiger partial charge in [0.05, 0.1) is 36.9 Å². The molecule has 0 radical (unpaired) electrons. The van der Waals surface area contributed by atoms with Gasteiger partial charge >= 0.3 is 6.18 Å². The minimum absolute atomic E-state index is 0.0479. The Morgan fingerprint density at radius 3 is 2.56 bits per heavy atom. The Bertz CT molecular complexity index is 1530. The number of alkyl halides is 4. The SMILES string of the molecule is COc1ncc(-c2c(C#N)cc3c(N)ncnn23)cc1C(=O)N[C@H]1CN(C(=O)C2CCC(C(F)(F)F)CC2)C[C@@H]1F. The average molecular weight is 575 g/mol. The van der Waals surface area contributed by atoms with Crippen molar-refractivity contribution in [3.63, 3.8) is 0 Å². The van der Waals surface area contributed by atoms with Gasteiger partial charge in [-0.15, -0.1) is 0 Å². The summed E-state index contributed by atoms with van der Waals surface area (Å²) in [6.07, 6.45) is -3.39. The molecule has 1 saturated heterocycles. The van der Waals surface area contributed by atoms with Crippen LogP contribution < -0.4 is 15.8 Å². The van der Waals surface area contributed by atoms with E-state index in [1.807, 2.05) is 0 Å². The molecule has 216 valence electrons. The molecule has 0 aromatic carbocycles. The molecule has 11 nitrogen and oxygen atoms in total. The van der Waals surface area contributed by atoms with Crippen molar-refractivity contribution in [3.05, 3.63) is 35.8 Å². The zero-order valence-electron chi connectivity index (χ0n) is 21.9. The highest BCUT2D eigenvalue weighted by Gasteiger charge is 2.44. The van der Waals surface area contributed by atoms with Crippen molar-refractivity contribution in [1.82, 2.24) is 29.8 Å². The van der Waals surface area contributed by atoms with Crippen LogP contribution in [0.1, 0.15) is 41.6 Å². The van der Waals surface area contributed by atoms with Crippen LogP contribution in [0.3, 0.4) is 0 Å². The highest BCUT2D eigenvalue weighted by Crippen LogP contribution is 2.40. The molecule has 1 saturated carbocycles. The smallest absolute Gasteiger partial charge is 0.391 e. The number of amides is 2. The van der Waals surface area contributed by atoms with E-state index in [1.165, 1.54) is 41.2 Å². The molecule has 41 heavy (non-hydrogen) atoms. The highest BCUT2D eigenvalue weighted by molar-refractivity contribution is 5.98. The summed E-state index contributed by atoms with van der Waals surface area (Å²) < 4.78 is 60.6. The lowest BCUT2D eigenvalue weighted by Crippen LogP contribution is -2.43. The summed E-state index contributed by atoms with van der Waals surface area (Å²) in [6.45, 7) is -0.403. The number of carbonyl (C=O) groups excluding carboxylic acids is 2. The fourth-order valence-corrected chi connectivity index (χ4v) is 5.53. The minimum atomic E-state index is -4.29. The van der Waals surface area contributed by atoms with E-state index in [-0.39, 0.29) is 61.6 Å². The molecule has 2 amide bonds. The van der Waals surface area contributed by atoms with Crippen LogP contribution in [0.5, 0.6) is 5.88 Å². The molecule has 0 bridgehead atoms. The number of hydrogen-bond acceptors (Lipinski definition) is 8. The molecule has 2 aliphatic rings. The lowest BCUT2D eigenvalue weighted by Gasteiger charge is -2.31. The van der Waals surface area contributed by atoms with E-state index < -0.39 is 42.0 Å². The maximum Gasteiger partial charge on any atom is 0.391 e. The largest absolute Gasteiger partial charge is 0.480 e. The van der Waals surface area contributed by atoms with Gasteiger partial charge in [-0.25, -0.2) is 18.9 Å². The molecule has 1 aliphatic carbocycles. The molecule has 0 unspecified atom stereocenters. The second kappa shape index (κ2) is 10.8. The van der Waals surface area contributed by atoms with Gasteiger partial charge in [-0.05, 0) is 37.8 Å². The standard InChI is InChI=1S/C26H26F4N8O3/c1-41-24-17(6-15(9-33-24)21-14(8-31)7-20-22(32)34-12-35-38(20)21)23(39)36-19-11-37(10-18(19)27)25(40)13-2-4-16(5-3-13)26(28,29)30/h6-7,9,12-13,16,18-19H,2-5,10-11H2,1H3,(H,36,39)(H2,32,34,35)/t13?,16?,18-,19-/m0/s1. The first-order valence-corrected chi connectivity index (χ1v) is 12.9. The molecular weight excluding hydrogens is 548 g/mol. The maximum atomic E-state index is 15.0. The van der Waals surface area contributed by atoms with E-state index in [4.69, 9.17) is 10.5 Å². The van der Waals surface area contributed by atoms with Crippen molar-refractivity contribution in [2.75, 3.05) is 25.9 Å². The number of likely N-dealkylation sites (tertiary alicyclic amines) is 1. The number of fused-ring (bicyclic) bond motifs is 1. The Kier molecular flexibility index (Phi) is 7.41. The Morgan fingerprint density at radius 1 is 1.17 bits per heavy atom. The van der Waals surface area contributed by atoms with Gasteiger partial charge in [0.15, 0.2) is 5.82 Å². The molecule has 3 aromatic heterocycles. The van der Waals surface area contributed by atoms with Crippen LogP contribution in [-0.4, -0.2) is 74.9 Å². The normalized spacial score (nSPS) is 22.9. The number of aromatic nitrogens is 4. The predicted molar refractivity (Wildman–Crippen MR) is 136 cm³/mol. The number of halogens is 4. The average Bonchev–Trinajstić information content (AvgIpc) is 3.52. The zero-order valence-corrected chi connectivity index (χ0v) is 21.9. The van der Waals surface area contributed by atoms with Gasteiger partial charge in [-0.1, -0.05) is 0 Å². The number of nitrogens with one attached hydrogen (secondary N) is 1. The van der Waals surface area contributed by atoms with Crippen molar-refractivity contribution < 1.29 is 31.9 Å². The molecule has 1 aliphatic heterocycles. The Labute approximate surface area is 231 Å². The minimum Gasteiger partial charge on any atom is -0.480 e. The fraction of sp³-hybridized carbons (Fsp3) is 0.462. The van der Waals surface area contributed by atoms with E-state index in [9.17, 15) is 32.4 Å². The number of nitrogen functional groups attached to an aromatic ring is 1. The Morgan fingerprint density at radius 2 is 1.90 bits per heavy atom. The molecule has 0 spiro atoms. The number of nitriles is 1. The maximum absolute atomic E-state index is 15.0. The number of carbonyl (C=O) groups is 2. The summed E-state index contributed by atoms with van der Waals surface area (Å²) in [4.78, 5) is 35.6. The summed E-state index contributed by atoms with van der Waals surface area (Å²) in [7, 11) is 1.31. The van der Waals surface area contributed by atoms with Gasteiger partial charge < -0.3 is 20.7 Å². The number of nitrogens with zero attached hydrogens (tertiary/aromatic N) is 6. The molecule has 5 rings (SSSR count). The number of ether oxygens (including phenoxy) is 1. The van der Waals surface area contributed by atoms with Crippen LogP contribution in [0.25, 0.3) is 16.8 Å². The highest BCUT2D eigenvalue weighted by atomic mass is 19.4. The molecule has 3 N–H and O–H groups in total. The van der Waals surface area contributed by atoms with E-state index >= 15 is 0 Å². The molecule has 2 atom stereocenters. The molecular formula is C26H26F4N8O3. The van der Waals surface area contributed by atoms with Crippen LogP contribution in [0.15, 0.2) is 24.7 Å². The fourth-order valence-electron chi connectivity index (χ4n) is 5.53. The number of hydrogen-bond donors (Lipinski definition) is 2. The summed E-state index contributed by atoms with van der Waals surface area (Å²) in [6, 6.07) is 3.93. The predicted octanol–water partition coefficient (Wildman–Crippen LogP) is 2.90. The first-order valence-electron chi connectivity index (χ1n) is 12.9. The number of pyridine rings is 1. The molecule has 2 fully saturated rings. The van der Waals surface area contributed by atoms with Crippen LogP contribution in [0.2, 0.25) is 0 Å².